The maximum Gasteiger partial charge on any atom is 0.269 e. The van der Waals surface area contributed by atoms with Gasteiger partial charge in [0.1, 0.15) is 6.04 Å². The summed E-state index contributed by atoms with van der Waals surface area (Å²) in [5, 5.41) is 11.2. The fourth-order valence-corrected chi connectivity index (χ4v) is 5.54. The third-order valence-corrected chi connectivity index (χ3v) is 7.10. The number of aryl methyl sites for hydroxylation is 1. The molecule has 3 heterocycles. The number of ketones is 1. The second-order valence-electron chi connectivity index (χ2n) is 10.2. The largest absolute Gasteiger partial charge is 0.359 e. The zero-order valence-corrected chi connectivity index (χ0v) is 19.4. The first-order valence-corrected chi connectivity index (χ1v) is 11.2. The second-order valence-corrected chi connectivity index (χ2v) is 10.2. The number of imide groups is 1. The fourth-order valence-electron chi connectivity index (χ4n) is 5.54. The number of hydrogen-bond donors (Lipinski definition) is 0. The molecule has 8 heteroatoms. The van der Waals surface area contributed by atoms with Gasteiger partial charge in [-0.2, -0.15) is 0 Å². The zero-order chi connectivity index (χ0) is 24.5. The summed E-state index contributed by atoms with van der Waals surface area (Å²) in [6.45, 7) is 7.09. The van der Waals surface area contributed by atoms with Crippen LogP contribution in [0.3, 0.4) is 0 Å². The van der Waals surface area contributed by atoms with Crippen LogP contribution in [0.15, 0.2) is 48.7 Å². The number of nitro benzene ring substituents is 1. The van der Waals surface area contributed by atoms with Gasteiger partial charge in [0.25, 0.3) is 5.69 Å². The third kappa shape index (κ3) is 3.01. The molecule has 174 valence electrons. The van der Waals surface area contributed by atoms with Gasteiger partial charge < -0.3 is 4.90 Å². The number of amides is 2. The van der Waals surface area contributed by atoms with Crippen LogP contribution in [0.2, 0.25) is 0 Å². The Kier molecular flexibility index (Phi) is 4.76. The number of benzene rings is 2. The monoisotopic (exact) mass is 459 g/mol. The van der Waals surface area contributed by atoms with E-state index in [1.807, 2.05) is 62.2 Å². The van der Waals surface area contributed by atoms with Crippen molar-refractivity contribution in [2.75, 3.05) is 4.90 Å². The molecule has 0 spiro atoms. The number of non-ortho nitro benzene ring substituents is 1. The first-order chi connectivity index (χ1) is 16.0. The molecule has 3 aliphatic heterocycles. The van der Waals surface area contributed by atoms with Crippen LogP contribution in [-0.2, 0) is 14.4 Å². The van der Waals surface area contributed by atoms with Crippen molar-refractivity contribution in [2.24, 2.45) is 17.3 Å². The van der Waals surface area contributed by atoms with Gasteiger partial charge in [0.15, 0.2) is 5.78 Å². The van der Waals surface area contributed by atoms with E-state index in [1.165, 1.54) is 18.2 Å². The molecule has 0 bridgehead atoms. The summed E-state index contributed by atoms with van der Waals surface area (Å²) in [7, 11) is 0. The summed E-state index contributed by atoms with van der Waals surface area (Å²) in [6, 6.07) is 10.6. The lowest BCUT2D eigenvalue weighted by molar-refractivity contribution is -0.384. The molecular weight excluding hydrogens is 434 g/mol. The molecule has 0 unspecified atom stereocenters. The molecule has 2 saturated heterocycles. The van der Waals surface area contributed by atoms with Crippen LogP contribution in [-0.4, -0.2) is 33.5 Å². The molecule has 4 atom stereocenters. The molecule has 0 saturated carbocycles. The predicted octanol–water partition coefficient (Wildman–Crippen LogP) is 4.03. The van der Waals surface area contributed by atoms with E-state index in [1.54, 1.807) is 6.92 Å². The quantitative estimate of drug-likeness (QED) is 0.390. The molecule has 0 radical (unpaired) electrons. The van der Waals surface area contributed by atoms with Crippen LogP contribution in [0.4, 0.5) is 11.4 Å². The number of nitro groups is 1. The van der Waals surface area contributed by atoms with E-state index in [2.05, 4.69) is 0 Å². The average Bonchev–Trinajstić information content (AvgIpc) is 3.25. The molecule has 0 N–H and O–H groups in total. The van der Waals surface area contributed by atoms with Crippen LogP contribution in [0, 0.1) is 34.3 Å². The number of Topliss-reactive ketones (excluding diaryl/α,β-unsaturated/α-hetero) is 1. The van der Waals surface area contributed by atoms with Crippen LogP contribution >= 0.6 is 0 Å². The highest BCUT2D eigenvalue weighted by molar-refractivity contribution is 6.24. The first kappa shape index (κ1) is 22.0. The van der Waals surface area contributed by atoms with Gasteiger partial charge >= 0.3 is 0 Å². The van der Waals surface area contributed by atoms with E-state index in [9.17, 15) is 24.5 Å². The average molecular weight is 460 g/mol. The molecule has 8 nitrogen and oxygen atoms in total. The van der Waals surface area contributed by atoms with Crippen LogP contribution in [0.5, 0.6) is 0 Å². The van der Waals surface area contributed by atoms with E-state index < -0.39 is 40.2 Å². The van der Waals surface area contributed by atoms with Gasteiger partial charge in [0.05, 0.1) is 28.5 Å². The number of fused-ring (bicyclic) bond motifs is 5. The molecule has 2 aromatic rings. The molecule has 0 aromatic heterocycles. The maximum absolute atomic E-state index is 13.9. The van der Waals surface area contributed by atoms with Crippen molar-refractivity contribution in [3.8, 4) is 0 Å². The fraction of sp³-hybridized carbons (Fsp3) is 0.346. The minimum Gasteiger partial charge on any atom is -0.359 e. The van der Waals surface area contributed by atoms with E-state index in [-0.39, 0.29) is 17.4 Å². The number of nitrogens with zero attached hydrogens (tertiary/aromatic N) is 3. The van der Waals surface area contributed by atoms with Crippen LogP contribution < -0.4 is 4.90 Å². The topological polar surface area (TPSA) is 101 Å². The van der Waals surface area contributed by atoms with Crippen LogP contribution in [0.25, 0.3) is 6.08 Å². The number of hydrogen-bond acceptors (Lipinski definition) is 6. The van der Waals surface area contributed by atoms with Gasteiger partial charge in [-0.1, -0.05) is 45.0 Å². The van der Waals surface area contributed by atoms with Gasteiger partial charge in [0, 0.05) is 23.7 Å². The summed E-state index contributed by atoms with van der Waals surface area (Å²) in [4.78, 5) is 55.0. The Labute approximate surface area is 197 Å². The molecule has 0 aliphatic carbocycles. The zero-order valence-electron chi connectivity index (χ0n) is 19.4. The van der Waals surface area contributed by atoms with E-state index in [4.69, 9.17) is 0 Å². The smallest absolute Gasteiger partial charge is 0.269 e. The summed E-state index contributed by atoms with van der Waals surface area (Å²) >= 11 is 0. The lowest BCUT2D eigenvalue weighted by atomic mass is 9.79. The highest BCUT2D eigenvalue weighted by Crippen LogP contribution is 2.54. The normalized spacial score (nSPS) is 25.3. The number of carbonyl (C=O) groups excluding carboxylic acids is 3. The Morgan fingerprint density at radius 1 is 1.03 bits per heavy atom. The molecule has 2 fully saturated rings. The molecular formula is C26H25N3O5. The predicted molar refractivity (Wildman–Crippen MR) is 126 cm³/mol. The molecule has 2 aromatic carbocycles. The highest BCUT2D eigenvalue weighted by atomic mass is 16.6. The molecule has 2 amide bonds. The Morgan fingerprint density at radius 2 is 1.71 bits per heavy atom. The Morgan fingerprint density at radius 3 is 2.35 bits per heavy atom. The van der Waals surface area contributed by atoms with Crippen molar-refractivity contribution in [1.29, 1.82) is 0 Å². The molecule has 3 aliphatic rings. The number of anilines is 1. The first-order valence-electron chi connectivity index (χ1n) is 11.2. The number of rotatable bonds is 3. The van der Waals surface area contributed by atoms with Gasteiger partial charge in [0.2, 0.25) is 11.8 Å². The Balaban J connectivity index is 1.65. The summed E-state index contributed by atoms with van der Waals surface area (Å²) in [5.41, 5.74) is 1.82. The van der Waals surface area contributed by atoms with Gasteiger partial charge in [-0.05, 0) is 35.8 Å². The molecule has 34 heavy (non-hydrogen) atoms. The van der Waals surface area contributed by atoms with E-state index in [0.29, 0.717) is 11.3 Å². The van der Waals surface area contributed by atoms with Crippen molar-refractivity contribution in [2.45, 2.75) is 39.8 Å². The number of carbonyl (C=O) groups is 3. The van der Waals surface area contributed by atoms with E-state index in [0.717, 1.165) is 16.0 Å². The van der Waals surface area contributed by atoms with Crippen molar-refractivity contribution < 1.29 is 19.3 Å². The van der Waals surface area contributed by atoms with Crippen molar-refractivity contribution in [3.05, 3.63) is 75.5 Å². The van der Waals surface area contributed by atoms with Crippen molar-refractivity contribution in [1.82, 2.24) is 4.90 Å². The third-order valence-electron chi connectivity index (χ3n) is 7.10. The van der Waals surface area contributed by atoms with Crippen molar-refractivity contribution in [3.63, 3.8) is 0 Å². The maximum atomic E-state index is 13.9. The lowest BCUT2D eigenvalue weighted by Gasteiger charge is -2.37. The van der Waals surface area contributed by atoms with Gasteiger partial charge in [-0.3, -0.25) is 24.5 Å². The minimum atomic E-state index is -0.838. The standard InChI is InChI=1S/C26H25N3O5/c1-14-13-16(29(33)34)9-10-18(14)28-24(31)19-20(25(28)32)22(23(30)26(2,3)4)27-12-11-15-7-5-6-8-17(15)21(19)27/h5-13,19-22H,1-4H3/t19-,20-,21+,22+/m1/s1. The lowest BCUT2D eigenvalue weighted by Crippen LogP contribution is -2.47. The molecule has 5 rings (SSSR count). The van der Waals surface area contributed by atoms with E-state index >= 15 is 0 Å². The summed E-state index contributed by atoms with van der Waals surface area (Å²) in [5.74, 6) is -2.48. The summed E-state index contributed by atoms with van der Waals surface area (Å²) < 4.78 is 0. The van der Waals surface area contributed by atoms with Gasteiger partial charge in [-0.25, -0.2) is 4.90 Å². The Hall–Kier alpha value is -3.81. The second kappa shape index (κ2) is 7.35. The van der Waals surface area contributed by atoms with Gasteiger partial charge in [-0.15, -0.1) is 0 Å². The minimum absolute atomic E-state index is 0.0996. The highest BCUT2D eigenvalue weighted by Gasteiger charge is 2.65. The Bertz CT molecular complexity index is 1290. The van der Waals surface area contributed by atoms with Crippen molar-refractivity contribution >= 4 is 35.0 Å². The SMILES string of the molecule is Cc1cc([N+](=O)[O-])ccc1N1C(=O)[C@@H]2[C@@H](C1=O)[C@@H]1c3ccccc3C=CN1[C@@H]2C(=O)C(C)(C)C. The summed E-state index contributed by atoms with van der Waals surface area (Å²) in [6.07, 6.45) is 3.75. The van der Waals surface area contributed by atoms with Crippen LogP contribution in [0.1, 0.15) is 43.5 Å².